The van der Waals surface area contributed by atoms with Crippen molar-refractivity contribution in [2.45, 2.75) is 6.54 Å². The summed E-state index contributed by atoms with van der Waals surface area (Å²) in [6.45, 7) is 0.681. The number of urea groups is 1. The highest BCUT2D eigenvalue weighted by molar-refractivity contribution is 6.31. The van der Waals surface area contributed by atoms with Gasteiger partial charge < -0.3 is 10.6 Å². The molecule has 21 heavy (non-hydrogen) atoms. The molecule has 0 fully saturated rings. The molecule has 3 nitrogen and oxygen atoms in total. The van der Waals surface area contributed by atoms with Crippen molar-refractivity contribution in [3.8, 4) is 11.8 Å². The van der Waals surface area contributed by atoms with Gasteiger partial charge in [0.05, 0.1) is 6.54 Å². The Balaban J connectivity index is 1.74. The third-order valence-corrected chi connectivity index (χ3v) is 3.11. The number of amides is 2. The first kappa shape index (κ1) is 15.0. The highest BCUT2D eigenvalue weighted by Crippen LogP contribution is 2.13. The van der Waals surface area contributed by atoms with Gasteiger partial charge >= 0.3 is 6.03 Å². The van der Waals surface area contributed by atoms with E-state index in [1.165, 1.54) is 0 Å². The highest BCUT2D eigenvalue weighted by atomic mass is 35.5. The molecule has 0 spiro atoms. The lowest BCUT2D eigenvalue weighted by Crippen LogP contribution is -2.35. The molecule has 106 valence electrons. The van der Waals surface area contributed by atoms with E-state index in [0.717, 1.165) is 11.1 Å². The second kappa shape index (κ2) is 7.98. The highest BCUT2D eigenvalue weighted by Gasteiger charge is 2.01. The summed E-state index contributed by atoms with van der Waals surface area (Å²) in [5, 5.41) is 6.05. The van der Waals surface area contributed by atoms with Crippen LogP contribution in [0.3, 0.4) is 0 Å². The smallest absolute Gasteiger partial charge is 0.315 e. The molecule has 2 aromatic carbocycles. The number of carbonyl (C=O) groups is 1. The summed E-state index contributed by atoms with van der Waals surface area (Å²) in [6, 6.07) is 16.8. The summed E-state index contributed by atoms with van der Waals surface area (Å²) < 4.78 is 0. The normalized spacial score (nSPS) is 9.38. The number of hydrogen-bond donors (Lipinski definition) is 2. The van der Waals surface area contributed by atoms with Gasteiger partial charge in [-0.05, 0) is 23.8 Å². The number of nitrogens with one attached hydrogen (secondary N) is 2. The lowest BCUT2D eigenvalue weighted by Gasteiger charge is -2.06. The molecule has 4 heteroatoms. The summed E-state index contributed by atoms with van der Waals surface area (Å²) in [6.07, 6.45) is 0. The maximum Gasteiger partial charge on any atom is 0.315 e. The fourth-order valence-electron chi connectivity index (χ4n) is 1.67. The van der Waals surface area contributed by atoms with Gasteiger partial charge in [0.2, 0.25) is 0 Å². The summed E-state index contributed by atoms with van der Waals surface area (Å²) in [5.74, 6) is 5.86. The molecule has 2 aromatic rings. The Hall–Kier alpha value is -2.44. The van der Waals surface area contributed by atoms with Crippen LogP contribution in [0, 0.1) is 11.8 Å². The van der Waals surface area contributed by atoms with Crippen molar-refractivity contribution >= 4 is 17.6 Å². The van der Waals surface area contributed by atoms with Crippen LogP contribution in [0.15, 0.2) is 54.6 Å². The summed E-state index contributed by atoms with van der Waals surface area (Å²) >= 11 is 6.01. The predicted octanol–water partition coefficient (Wildman–Crippen LogP) is 3.19. The SMILES string of the molecule is O=C(NCC#Cc1ccccc1)NCc1ccccc1Cl. The van der Waals surface area contributed by atoms with Crippen LogP contribution in [0.5, 0.6) is 0 Å². The molecule has 0 aromatic heterocycles. The van der Waals surface area contributed by atoms with Crippen molar-refractivity contribution in [2.24, 2.45) is 0 Å². The van der Waals surface area contributed by atoms with Crippen molar-refractivity contribution in [3.63, 3.8) is 0 Å². The molecule has 0 atom stereocenters. The third-order valence-electron chi connectivity index (χ3n) is 2.74. The quantitative estimate of drug-likeness (QED) is 0.840. The molecular formula is C17H15ClN2O. The van der Waals surface area contributed by atoms with E-state index in [-0.39, 0.29) is 6.03 Å². The summed E-state index contributed by atoms with van der Waals surface area (Å²) in [4.78, 5) is 11.6. The number of hydrogen-bond acceptors (Lipinski definition) is 1. The monoisotopic (exact) mass is 298 g/mol. The average Bonchev–Trinajstić information content (AvgIpc) is 2.52. The molecule has 2 amide bonds. The first-order valence-electron chi connectivity index (χ1n) is 6.55. The van der Waals surface area contributed by atoms with Crippen molar-refractivity contribution < 1.29 is 4.79 Å². The maximum absolute atomic E-state index is 11.6. The lowest BCUT2D eigenvalue weighted by atomic mass is 10.2. The van der Waals surface area contributed by atoms with Gasteiger partial charge in [-0.2, -0.15) is 0 Å². The van der Waals surface area contributed by atoms with E-state index < -0.39 is 0 Å². The Labute approximate surface area is 129 Å². The molecule has 0 radical (unpaired) electrons. The second-order valence-electron chi connectivity index (χ2n) is 4.30. The molecule has 0 aliphatic carbocycles. The number of halogens is 1. The second-order valence-corrected chi connectivity index (χ2v) is 4.70. The van der Waals surface area contributed by atoms with Gasteiger partial charge in [-0.3, -0.25) is 0 Å². The minimum atomic E-state index is -0.266. The van der Waals surface area contributed by atoms with E-state index in [4.69, 9.17) is 11.6 Å². The van der Waals surface area contributed by atoms with Crippen LogP contribution in [0.4, 0.5) is 4.79 Å². The Kier molecular flexibility index (Phi) is 5.69. The largest absolute Gasteiger partial charge is 0.334 e. The zero-order valence-corrected chi connectivity index (χ0v) is 12.2. The van der Waals surface area contributed by atoms with E-state index in [2.05, 4.69) is 22.5 Å². The fraction of sp³-hybridized carbons (Fsp3) is 0.118. The van der Waals surface area contributed by atoms with Gasteiger partial charge in [-0.15, -0.1) is 0 Å². The Bertz CT molecular complexity index is 659. The summed E-state index contributed by atoms with van der Waals surface area (Å²) in [5.41, 5.74) is 1.81. The van der Waals surface area contributed by atoms with Crippen molar-refractivity contribution in [1.29, 1.82) is 0 Å². The van der Waals surface area contributed by atoms with Crippen LogP contribution in [0.1, 0.15) is 11.1 Å². The van der Waals surface area contributed by atoms with E-state index in [0.29, 0.717) is 18.1 Å². The van der Waals surface area contributed by atoms with Crippen LogP contribution < -0.4 is 10.6 Å². The zero-order chi connectivity index (χ0) is 14.9. The standard InChI is InChI=1S/C17H15ClN2O/c18-16-11-5-4-10-15(16)13-20-17(21)19-12-6-9-14-7-2-1-3-8-14/h1-5,7-8,10-11H,12-13H2,(H2,19,20,21). The predicted molar refractivity (Wildman–Crippen MR) is 85.0 cm³/mol. The maximum atomic E-state index is 11.6. The molecule has 0 aliphatic heterocycles. The van der Waals surface area contributed by atoms with Crippen molar-refractivity contribution in [3.05, 3.63) is 70.7 Å². The lowest BCUT2D eigenvalue weighted by molar-refractivity contribution is 0.241. The molecule has 2 N–H and O–H groups in total. The molecule has 2 rings (SSSR count). The summed E-state index contributed by atoms with van der Waals surface area (Å²) in [7, 11) is 0. The number of benzene rings is 2. The van der Waals surface area contributed by atoms with Crippen LogP contribution in [-0.2, 0) is 6.54 Å². The van der Waals surface area contributed by atoms with Crippen LogP contribution in [0.25, 0.3) is 0 Å². The van der Waals surface area contributed by atoms with E-state index in [9.17, 15) is 4.79 Å². The third kappa shape index (κ3) is 5.21. The Morgan fingerprint density at radius 2 is 1.71 bits per heavy atom. The molecule has 0 unspecified atom stereocenters. The topological polar surface area (TPSA) is 41.1 Å². The van der Waals surface area contributed by atoms with E-state index >= 15 is 0 Å². The van der Waals surface area contributed by atoms with Gasteiger partial charge in [-0.25, -0.2) is 4.79 Å². The molecule has 0 saturated heterocycles. The Morgan fingerprint density at radius 3 is 2.48 bits per heavy atom. The minimum absolute atomic E-state index is 0.266. The molecule has 0 bridgehead atoms. The van der Waals surface area contributed by atoms with Gasteiger partial charge in [0.1, 0.15) is 0 Å². The molecular weight excluding hydrogens is 284 g/mol. The molecule has 0 saturated carbocycles. The average molecular weight is 299 g/mol. The minimum Gasteiger partial charge on any atom is -0.334 e. The van der Waals surface area contributed by atoms with Gasteiger partial charge in [0.25, 0.3) is 0 Å². The van der Waals surface area contributed by atoms with Crippen LogP contribution in [0.2, 0.25) is 5.02 Å². The fourth-order valence-corrected chi connectivity index (χ4v) is 1.87. The van der Waals surface area contributed by atoms with Crippen LogP contribution in [-0.4, -0.2) is 12.6 Å². The van der Waals surface area contributed by atoms with Gasteiger partial charge in [0, 0.05) is 17.1 Å². The van der Waals surface area contributed by atoms with Crippen molar-refractivity contribution in [1.82, 2.24) is 10.6 Å². The Morgan fingerprint density at radius 1 is 1.00 bits per heavy atom. The number of rotatable bonds is 3. The van der Waals surface area contributed by atoms with Gasteiger partial charge in [-0.1, -0.05) is 59.8 Å². The zero-order valence-electron chi connectivity index (χ0n) is 11.4. The molecule has 0 heterocycles. The van der Waals surface area contributed by atoms with E-state index in [1.807, 2.05) is 48.5 Å². The van der Waals surface area contributed by atoms with E-state index in [1.54, 1.807) is 6.07 Å². The number of carbonyl (C=O) groups excluding carboxylic acids is 1. The first-order valence-corrected chi connectivity index (χ1v) is 6.92. The van der Waals surface area contributed by atoms with Gasteiger partial charge in [0.15, 0.2) is 0 Å². The molecule has 0 aliphatic rings. The van der Waals surface area contributed by atoms with Crippen molar-refractivity contribution in [2.75, 3.05) is 6.54 Å². The first-order chi connectivity index (χ1) is 10.3. The van der Waals surface area contributed by atoms with Crippen LogP contribution >= 0.6 is 11.6 Å².